The Hall–Kier alpha value is -1.74. The van der Waals surface area contributed by atoms with Gasteiger partial charge in [0.05, 0.1) is 25.5 Å². The Morgan fingerprint density at radius 3 is 2.65 bits per heavy atom. The molecule has 1 atom stereocenters. The van der Waals surface area contributed by atoms with Crippen molar-refractivity contribution >= 4 is 29.9 Å². The highest BCUT2D eigenvalue weighted by Gasteiger charge is 2.07. The van der Waals surface area contributed by atoms with E-state index < -0.39 is 0 Å². The van der Waals surface area contributed by atoms with E-state index in [4.69, 9.17) is 4.74 Å². The van der Waals surface area contributed by atoms with Crippen LogP contribution >= 0.6 is 24.0 Å². The zero-order valence-corrected chi connectivity index (χ0v) is 17.4. The Bertz CT molecular complexity index is 670. The molecule has 0 bridgehead atoms. The van der Waals surface area contributed by atoms with Gasteiger partial charge in [0, 0.05) is 19.8 Å². The largest absolute Gasteiger partial charge is 0.376 e. The average molecular weight is 472 g/mol. The fourth-order valence-corrected chi connectivity index (χ4v) is 2.22. The number of hydrogen-bond acceptors (Lipinski definition) is 3. The van der Waals surface area contributed by atoms with Gasteiger partial charge < -0.3 is 15.4 Å². The Morgan fingerprint density at radius 2 is 1.96 bits per heavy atom. The third kappa shape index (κ3) is 8.09. The van der Waals surface area contributed by atoms with E-state index in [1.54, 1.807) is 19.3 Å². The summed E-state index contributed by atoms with van der Waals surface area (Å²) in [6.45, 7) is 4.35. The maximum absolute atomic E-state index is 13.6. The molecule has 0 fully saturated rings. The second kappa shape index (κ2) is 12.6. The van der Waals surface area contributed by atoms with E-state index in [9.17, 15) is 4.39 Å². The van der Waals surface area contributed by atoms with E-state index in [1.807, 2.05) is 30.3 Å². The number of pyridine rings is 1. The van der Waals surface area contributed by atoms with Gasteiger partial charge >= 0.3 is 0 Å². The lowest BCUT2D eigenvalue weighted by Gasteiger charge is -2.16. The molecule has 1 aromatic heterocycles. The molecule has 0 radical (unpaired) electrons. The Balaban J connectivity index is 0.00000338. The fraction of sp³-hybridized carbons (Fsp3) is 0.368. The number of nitrogens with zero attached hydrogens (tertiary/aromatic N) is 2. The van der Waals surface area contributed by atoms with Crippen LogP contribution in [0.25, 0.3) is 0 Å². The predicted molar refractivity (Wildman–Crippen MR) is 113 cm³/mol. The molecule has 26 heavy (non-hydrogen) atoms. The maximum Gasteiger partial charge on any atom is 0.191 e. The molecule has 1 aromatic carbocycles. The molecule has 1 unspecified atom stereocenters. The third-order valence-electron chi connectivity index (χ3n) is 3.61. The fourth-order valence-electron chi connectivity index (χ4n) is 2.22. The monoisotopic (exact) mass is 472 g/mol. The van der Waals surface area contributed by atoms with Crippen molar-refractivity contribution in [3.8, 4) is 0 Å². The summed E-state index contributed by atoms with van der Waals surface area (Å²) in [7, 11) is 1.68. The SMILES string of the molecule is CN=C(NCc1ncccc1F)NCC(C)COCc1ccccc1.I. The minimum atomic E-state index is -0.326. The normalized spacial score (nSPS) is 12.2. The molecule has 2 rings (SSSR count). The number of guanidine groups is 1. The van der Waals surface area contributed by atoms with Gasteiger partial charge in [-0.3, -0.25) is 9.98 Å². The summed E-state index contributed by atoms with van der Waals surface area (Å²) in [6, 6.07) is 13.1. The van der Waals surface area contributed by atoms with Crippen molar-refractivity contribution in [3.63, 3.8) is 0 Å². The Kier molecular flexibility index (Phi) is 10.8. The topological polar surface area (TPSA) is 58.5 Å². The molecule has 0 spiro atoms. The number of aliphatic imine (C=N–C) groups is 1. The van der Waals surface area contributed by atoms with Crippen molar-refractivity contribution < 1.29 is 9.13 Å². The minimum Gasteiger partial charge on any atom is -0.376 e. The standard InChI is InChI=1S/C19H25FN4O.HI/c1-15(13-25-14-16-7-4-3-5-8-16)11-23-19(21-2)24-12-18-17(20)9-6-10-22-18;/h3-10,15H,11-14H2,1-2H3,(H2,21,23,24);1H. The molecule has 5 nitrogen and oxygen atoms in total. The highest BCUT2D eigenvalue weighted by atomic mass is 127. The molecule has 0 saturated carbocycles. The molecule has 142 valence electrons. The molecule has 2 aromatic rings. The predicted octanol–water partition coefficient (Wildman–Crippen LogP) is 3.36. The van der Waals surface area contributed by atoms with Crippen LogP contribution in [0.15, 0.2) is 53.7 Å². The lowest BCUT2D eigenvalue weighted by Crippen LogP contribution is -2.40. The van der Waals surface area contributed by atoms with Gasteiger partial charge in [0.2, 0.25) is 0 Å². The summed E-state index contributed by atoms with van der Waals surface area (Å²) < 4.78 is 19.3. The zero-order chi connectivity index (χ0) is 17.9. The van der Waals surface area contributed by atoms with Crippen LogP contribution in [-0.2, 0) is 17.9 Å². The average Bonchev–Trinajstić information content (AvgIpc) is 2.64. The highest BCUT2D eigenvalue weighted by Crippen LogP contribution is 2.03. The van der Waals surface area contributed by atoms with Crippen molar-refractivity contribution in [2.45, 2.75) is 20.1 Å². The Labute approximate surface area is 171 Å². The van der Waals surface area contributed by atoms with Crippen LogP contribution in [0, 0.1) is 11.7 Å². The molecule has 0 amide bonds. The van der Waals surface area contributed by atoms with Crippen LogP contribution in [0.5, 0.6) is 0 Å². The Morgan fingerprint density at radius 1 is 1.19 bits per heavy atom. The van der Waals surface area contributed by atoms with Crippen molar-refractivity contribution in [2.75, 3.05) is 20.2 Å². The van der Waals surface area contributed by atoms with E-state index >= 15 is 0 Å². The smallest absolute Gasteiger partial charge is 0.191 e. The van der Waals surface area contributed by atoms with Crippen molar-refractivity contribution in [1.82, 2.24) is 15.6 Å². The molecule has 0 aliphatic rings. The lowest BCUT2D eigenvalue weighted by molar-refractivity contribution is 0.0931. The van der Waals surface area contributed by atoms with Gasteiger partial charge in [-0.25, -0.2) is 4.39 Å². The quantitative estimate of drug-likeness (QED) is 0.352. The summed E-state index contributed by atoms with van der Waals surface area (Å²) in [6.07, 6.45) is 1.57. The number of halogens is 2. The highest BCUT2D eigenvalue weighted by molar-refractivity contribution is 14.0. The van der Waals surface area contributed by atoms with Gasteiger partial charge in [0.15, 0.2) is 5.96 Å². The molecular weight excluding hydrogens is 446 g/mol. The van der Waals surface area contributed by atoms with Crippen LogP contribution in [-0.4, -0.2) is 31.1 Å². The van der Waals surface area contributed by atoms with E-state index in [-0.39, 0.29) is 36.3 Å². The molecule has 1 heterocycles. The van der Waals surface area contributed by atoms with E-state index in [0.717, 1.165) is 5.56 Å². The second-order valence-electron chi connectivity index (χ2n) is 5.84. The molecule has 0 saturated heterocycles. The molecule has 0 aliphatic heterocycles. The number of ether oxygens (including phenoxy) is 1. The summed E-state index contributed by atoms with van der Waals surface area (Å²) in [4.78, 5) is 8.14. The summed E-state index contributed by atoms with van der Waals surface area (Å²) in [5, 5.41) is 6.28. The van der Waals surface area contributed by atoms with Gasteiger partial charge in [-0.05, 0) is 23.6 Å². The minimum absolute atomic E-state index is 0. The maximum atomic E-state index is 13.6. The second-order valence-corrected chi connectivity index (χ2v) is 5.84. The van der Waals surface area contributed by atoms with Crippen LogP contribution in [0.1, 0.15) is 18.2 Å². The molecular formula is C19H26FIN4O. The molecule has 2 N–H and O–H groups in total. The number of rotatable bonds is 8. The summed E-state index contributed by atoms with van der Waals surface area (Å²) in [5.41, 5.74) is 1.53. The first-order valence-electron chi connectivity index (χ1n) is 8.34. The van der Waals surface area contributed by atoms with Crippen LogP contribution in [0.2, 0.25) is 0 Å². The molecule has 0 aliphatic carbocycles. The number of nitrogens with one attached hydrogen (secondary N) is 2. The van der Waals surface area contributed by atoms with Gasteiger partial charge in [-0.1, -0.05) is 37.3 Å². The van der Waals surface area contributed by atoms with Gasteiger partial charge in [0.1, 0.15) is 5.82 Å². The first-order chi connectivity index (χ1) is 12.2. The van der Waals surface area contributed by atoms with Gasteiger partial charge in [0.25, 0.3) is 0 Å². The van der Waals surface area contributed by atoms with Crippen molar-refractivity contribution in [2.24, 2.45) is 10.9 Å². The number of hydrogen-bond donors (Lipinski definition) is 2. The van der Waals surface area contributed by atoms with Crippen LogP contribution in [0.3, 0.4) is 0 Å². The first kappa shape index (κ1) is 22.3. The van der Waals surface area contributed by atoms with E-state index in [1.165, 1.54) is 6.07 Å². The summed E-state index contributed by atoms with van der Waals surface area (Å²) >= 11 is 0. The first-order valence-corrected chi connectivity index (χ1v) is 8.34. The summed E-state index contributed by atoms with van der Waals surface area (Å²) in [5.74, 6) is 0.599. The zero-order valence-electron chi connectivity index (χ0n) is 15.1. The van der Waals surface area contributed by atoms with E-state index in [0.29, 0.717) is 37.3 Å². The number of aromatic nitrogens is 1. The third-order valence-corrected chi connectivity index (χ3v) is 3.61. The van der Waals surface area contributed by atoms with E-state index in [2.05, 4.69) is 27.5 Å². The molecule has 7 heteroatoms. The van der Waals surface area contributed by atoms with Crippen molar-refractivity contribution in [1.29, 1.82) is 0 Å². The van der Waals surface area contributed by atoms with Crippen LogP contribution < -0.4 is 10.6 Å². The van der Waals surface area contributed by atoms with Crippen molar-refractivity contribution in [3.05, 3.63) is 65.7 Å². The lowest BCUT2D eigenvalue weighted by atomic mass is 10.2. The number of benzene rings is 1. The van der Waals surface area contributed by atoms with Gasteiger partial charge in [-0.2, -0.15) is 0 Å². The van der Waals surface area contributed by atoms with Crippen LogP contribution in [0.4, 0.5) is 4.39 Å². The van der Waals surface area contributed by atoms with Gasteiger partial charge in [-0.15, -0.1) is 24.0 Å².